The van der Waals surface area contributed by atoms with Crippen LogP contribution < -0.4 is 5.73 Å². The predicted molar refractivity (Wildman–Crippen MR) is 219 cm³/mol. The van der Waals surface area contributed by atoms with Gasteiger partial charge in [-0.25, -0.2) is 4.57 Å². The van der Waals surface area contributed by atoms with E-state index in [1.165, 1.54) is 38.5 Å². The normalized spacial score (nSPS) is 14.3. The van der Waals surface area contributed by atoms with Gasteiger partial charge in [-0.3, -0.25) is 18.6 Å². The van der Waals surface area contributed by atoms with E-state index in [2.05, 4.69) is 92.8 Å². The van der Waals surface area contributed by atoms with E-state index in [9.17, 15) is 19.0 Å². The molecule has 0 amide bonds. The number of unbranched alkanes of at least 4 members (excludes halogenated alkanes) is 9. The third-order valence-corrected chi connectivity index (χ3v) is 8.75. The van der Waals surface area contributed by atoms with Crippen LogP contribution in [0.4, 0.5) is 0 Å². The second-order valence-electron chi connectivity index (χ2n) is 12.8. The maximum absolute atomic E-state index is 12.5. The van der Waals surface area contributed by atoms with Crippen LogP contribution in [0.15, 0.2) is 85.1 Å². The summed E-state index contributed by atoms with van der Waals surface area (Å²) in [5.74, 6) is -0.945. The summed E-state index contributed by atoms with van der Waals surface area (Å²) in [6.45, 7) is 3.48. The molecule has 10 heteroatoms. The van der Waals surface area contributed by atoms with Crippen LogP contribution in [0.25, 0.3) is 0 Å². The van der Waals surface area contributed by atoms with Crippen molar-refractivity contribution in [2.24, 2.45) is 5.73 Å². The first-order valence-electron chi connectivity index (χ1n) is 20.1. The Kier molecular flexibility index (Phi) is 36.8. The summed E-state index contributed by atoms with van der Waals surface area (Å²) in [4.78, 5) is 34.7. The number of esters is 2. The average molecular weight is 762 g/mol. The zero-order valence-corrected chi connectivity index (χ0v) is 33.9. The van der Waals surface area contributed by atoms with Gasteiger partial charge >= 0.3 is 19.8 Å². The van der Waals surface area contributed by atoms with Gasteiger partial charge in [0.05, 0.1) is 13.2 Å². The SMILES string of the molecule is CC/C=C/C/C=C/C/C=C/C/C=C/C/C=C/CCCC(=O)O[C@H](COC(=O)CCCC/C=C/C/C=C/CCCCCCCC)COP(=O)(O)OCCN. The molecule has 0 spiro atoms. The lowest BCUT2D eigenvalue weighted by molar-refractivity contribution is -0.161. The summed E-state index contributed by atoms with van der Waals surface area (Å²) < 4.78 is 32.6. The van der Waals surface area contributed by atoms with Crippen molar-refractivity contribution in [3.8, 4) is 0 Å². The number of nitrogens with two attached hydrogens (primary N) is 1. The van der Waals surface area contributed by atoms with Crippen molar-refractivity contribution in [3.05, 3.63) is 85.1 Å². The van der Waals surface area contributed by atoms with Crippen molar-refractivity contribution in [3.63, 3.8) is 0 Å². The third-order valence-electron chi connectivity index (χ3n) is 7.77. The molecule has 53 heavy (non-hydrogen) atoms. The van der Waals surface area contributed by atoms with Crippen LogP contribution in [0.1, 0.15) is 142 Å². The van der Waals surface area contributed by atoms with Crippen LogP contribution in [0.3, 0.4) is 0 Å². The number of carbonyl (C=O) groups is 2. The fraction of sp³-hybridized carbons (Fsp3) is 0.628. The Morgan fingerprint density at radius 3 is 1.60 bits per heavy atom. The minimum atomic E-state index is -4.40. The fourth-order valence-electron chi connectivity index (χ4n) is 4.82. The number of ether oxygens (including phenoxy) is 2. The van der Waals surface area contributed by atoms with Gasteiger partial charge in [-0.05, 0) is 83.5 Å². The van der Waals surface area contributed by atoms with Gasteiger partial charge in [-0.15, -0.1) is 0 Å². The van der Waals surface area contributed by atoms with Gasteiger partial charge in [0.2, 0.25) is 0 Å². The highest BCUT2D eigenvalue weighted by Gasteiger charge is 2.25. The van der Waals surface area contributed by atoms with Crippen LogP contribution >= 0.6 is 7.82 Å². The molecule has 0 rings (SSSR count). The third kappa shape index (κ3) is 38.7. The van der Waals surface area contributed by atoms with E-state index < -0.39 is 32.5 Å². The Hall–Kier alpha value is -2.81. The zero-order chi connectivity index (χ0) is 38.9. The molecule has 0 bridgehead atoms. The van der Waals surface area contributed by atoms with Crippen LogP contribution in [-0.2, 0) is 32.7 Å². The molecule has 0 aromatic rings. The minimum Gasteiger partial charge on any atom is -0.462 e. The standard InChI is InChI=1S/C43H72NO8P/c1-3-5-7-9-11-13-15-17-19-20-22-24-26-28-30-32-34-36-43(46)52-41(40-51-53(47,48)50-38-37-44)39-49-42(45)35-33-31-29-27-25-23-21-18-16-14-12-10-8-6-4-2/h5,7,11,13,17-19,21-22,24-25,27-28,30,41H,3-4,6,8-10,12,14-16,20,23,26,29,31-40,44H2,1-2H3,(H,47,48)/b7-5+,13-11+,19-17+,21-18+,24-22+,27-25+,30-28+/t41-/m1/s1. The molecule has 2 atom stereocenters. The van der Waals surface area contributed by atoms with E-state index in [4.69, 9.17) is 24.3 Å². The molecular formula is C43H72NO8P. The lowest BCUT2D eigenvalue weighted by atomic mass is 10.1. The molecule has 0 aliphatic rings. The lowest BCUT2D eigenvalue weighted by Gasteiger charge is -2.19. The summed E-state index contributed by atoms with van der Waals surface area (Å²) >= 11 is 0. The van der Waals surface area contributed by atoms with E-state index in [0.717, 1.165) is 57.8 Å². The number of allylic oxidation sites excluding steroid dienone is 14. The highest BCUT2D eigenvalue weighted by molar-refractivity contribution is 7.47. The lowest BCUT2D eigenvalue weighted by Crippen LogP contribution is -2.29. The summed E-state index contributed by atoms with van der Waals surface area (Å²) in [5, 5.41) is 0. The fourth-order valence-corrected chi connectivity index (χ4v) is 5.58. The Balaban J connectivity index is 4.38. The molecule has 0 aromatic heterocycles. The number of hydrogen-bond acceptors (Lipinski definition) is 8. The predicted octanol–water partition coefficient (Wildman–Crippen LogP) is 11.3. The summed E-state index contributed by atoms with van der Waals surface area (Å²) in [6.07, 6.45) is 47.7. The van der Waals surface area contributed by atoms with Crippen molar-refractivity contribution in [2.75, 3.05) is 26.4 Å². The summed E-state index contributed by atoms with van der Waals surface area (Å²) in [7, 11) is -4.40. The molecule has 0 aliphatic carbocycles. The van der Waals surface area contributed by atoms with Gasteiger partial charge in [0.25, 0.3) is 0 Å². The zero-order valence-electron chi connectivity index (χ0n) is 33.0. The molecule has 0 heterocycles. The van der Waals surface area contributed by atoms with Crippen LogP contribution in [-0.4, -0.2) is 49.3 Å². The largest absolute Gasteiger partial charge is 0.472 e. The van der Waals surface area contributed by atoms with Crippen molar-refractivity contribution in [2.45, 2.75) is 148 Å². The molecule has 302 valence electrons. The van der Waals surface area contributed by atoms with Crippen molar-refractivity contribution >= 4 is 19.8 Å². The van der Waals surface area contributed by atoms with Crippen LogP contribution in [0, 0.1) is 0 Å². The van der Waals surface area contributed by atoms with Gasteiger partial charge in [-0.1, -0.05) is 131 Å². The van der Waals surface area contributed by atoms with E-state index in [1.54, 1.807) is 0 Å². The number of phosphoric ester groups is 1. The first-order chi connectivity index (χ1) is 25.8. The molecular weight excluding hydrogens is 689 g/mol. The monoisotopic (exact) mass is 761 g/mol. The van der Waals surface area contributed by atoms with E-state index >= 15 is 0 Å². The molecule has 0 saturated carbocycles. The van der Waals surface area contributed by atoms with E-state index in [1.807, 2.05) is 6.08 Å². The van der Waals surface area contributed by atoms with Crippen LogP contribution in [0.2, 0.25) is 0 Å². The molecule has 0 aliphatic heterocycles. The Morgan fingerprint density at radius 1 is 0.585 bits per heavy atom. The Labute approximate surface area is 322 Å². The van der Waals surface area contributed by atoms with E-state index in [-0.39, 0.29) is 32.6 Å². The minimum absolute atomic E-state index is 0.0357. The molecule has 1 unspecified atom stereocenters. The summed E-state index contributed by atoms with van der Waals surface area (Å²) in [5.41, 5.74) is 5.33. The number of hydrogen-bond donors (Lipinski definition) is 2. The topological polar surface area (TPSA) is 134 Å². The van der Waals surface area contributed by atoms with Gasteiger partial charge in [0.1, 0.15) is 6.61 Å². The highest BCUT2D eigenvalue weighted by atomic mass is 31.2. The Morgan fingerprint density at radius 2 is 1.06 bits per heavy atom. The van der Waals surface area contributed by atoms with Gasteiger partial charge in [0, 0.05) is 19.4 Å². The molecule has 0 radical (unpaired) electrons. The Bertz CT molecular complexity index is 1140. The number of carbonyl (C=O) groups excluding carboxylic acids is 2. The van der Waals surface area contributed by atoms with Crippen LogP contribution in [0.5, 0.6) is 0 Å². The smallest absolute Gasteiger partial charge is 0.462 e. The quantitative estimate of drug-likeness (QED) is 0.0277. The molecule has 0 aromatic carbocycles. The van der Waals surface area contributed by atoms with Crippen molar-refractivity contribution in [1.82, 2.24) is 0 Å². The second kappa shape index (κ2) is 38.9. The maximum Gasteiger partial charge on any atom is 0.472 e. The van der Waals surface area contributed by atoms with Gasteiger partial charge in [-0.2, -0.15) is 0 Å². The highest BCUT2D eigenvalue weighted by Crippen LogP contribution is 2.43. The molecule has 9 nitrogen and oxygen atoms in total. The van der Waals surface area contributed by atoms with Gasteiger partial charge < -0.3 is 20.1 Å². The molecule has 0 saturated heterocycles. The molecule has 0 fully saturated rings. The van der Waals surface area contributed by atoms with Crippen molar-refractivity contribution < 1.29 is 37.6 Å². The molecule has 3 N–H and O–H groups in total. The van der Waals surface area contributed by atoms with Crippen molar-refractivity contribution in [1.29, 1.82) is 0 Å². The summed E-state index contributed by atoms with van der Waals surface area (Å²) in [6, 6.07) is 0. The first-order valence-corrected chi connectivity index (χ1v) is 21.6. The maximum atomic E-state index is 12.5. The second-order valence-corrected chi connectivity index (χ2v) is 14.2. The number of rotatable bonds is 36. The first kappa shape index (κ1) is 50.2. The van der Waals surface area contributed by atoms with E-state index in [0.29, 0.717) is 19.3 Å². The number of phosphoric acid groups is 1. The van der Waals surface area contributed by atoms with Gasteiger partial charge in [0.15, 0.2) is 6.10 Å². The average Bonchev–Trinajstić information content (AvgIpc) is 3.14.